The summed E-state index contributed by atoms with van der Waals surface area (Å²) >= 11 is 13.8. The van der Waals surface area contributed by atoms with Crippen LogP contribution in [0.4, 0.5) is 0 Å². The number of phenolic OH excluding ortho intramolecular Hbond substituents is 6. The minimum atomic E-state index is -2.15. The Balaban J connectivity index is 1.07. The first-order chi connectivity index (χ1) is 43.0. The van der Waals surface area contributed by atoms with E-state index < -0.39 is 136 Å². The van der Waals surface area contributed by atoms with Gasteiger partial charge in [-0.1, -0.05) is 47.5 Å². The molecule has 15 N–H and O–H groups in total. The van der Waals surface area contributed by atoms with Crippen LogP contribution in [0.1, 0.15) is 75.3 Å². The third-order valence-corrected chi connectivity index (χ3v) is 16.4. The highest BCUT2D eigenvalue weighted by molar-refractivity contribution is 6.32. The lowest BCUT2D eigenvalue weighted by atomic mass is 9.89. The molecule has 7 heterocycles. The largest absolute Gasteiger partial charge is 0.508 e. The fourth-order valence-electron chi connectivity index (χ4n) is 11.2. The zero-order chi connectivity index (χ0) is 63.6. The Morgan fingerprint density at radius 2 is 1.10 bits per heavy atom. The Morgan fingerprint density at radius 1 is 0.511 bits per heavy atom. The molecule has 7 aromatic rings. The summed E-state index contributed by atoms with van der Waals surface area (Å²) in [5.41, 5.74) is 5.08. The molecule has 7 aliphatic heterocycles. The summed E-state index contributed by atoms with van der Waals surface area (Å²) in [5.74, 6) is -13.3. The number of phenols is 6. The first kappa shape index (κ1) is 59.8. The Morgan fingerprint density at radius 3 is 1.79 bits per heavy atom. The highest BCUT2D eigenvalue weighted by Crippen LogP contribution is 2.48. The van der Waals surface area contributed by atoms with Gasteiger partial charge in [0.2, 0.25) is 47.1 Å². The molecular weight excluding hydrogens is 1220 g/mol. The third kappa shape index (κ3) is 11.6. The van der Waals surface area contributed by atoms with Gasteiger partial charge in [0.25, 0.3) is 0 Å². The maximum Gasteiger partial charge on any atom is 0.249 e. The SMILES string of the molecule is N[C@H]1C(=O)N[C@@H]2Cc3ccc(c(Cl)c3)Oc3cc4cc(c3O)Oc3ccc(cc3Cl)[C@@H](O)[C@@H]3NC(=O)[C@H](NC(=O)[C@@H]4NC(=O)[C@@H](NC2=O)c2cc(O)cc(c2)Oc2cc1ccc2O)c1ccc(O)c(c1)-c1c(O)cc(O)cc1[C@@H](C(=O)N1CCOCC1)NC3=O. The highest BCUT2D eigenvalue weighted by Gasteiger charge is 2.42. The lowest BCUT2D eigenvalue weighted by Crippen LogP contribution is -2.56. The van der Waals surface area contributed by atoms with Crippen molar-refractivity contribution in [1.29, 1.82) is 0 Å². The van der Waals surface area contributed by atoms with Crippen LogP contribution in [0, 0.1) is 0 Å². The summed E-state index contributed by atoms with van der Waals surface area (Å²) in [4.78, 5) is 107. The van der Waals surface area contributed by atoms with E-state index in [-0.39, 0.29) is 110 Å². The molecule has 0 aromatic heterocycles. The van der Waals surface area contributed by atoms with Crippen LogP contribution < -0.4 is 51.8 Å². The Bertz CT molecular complexity index is 4180. The first-order valence-corrected chi connectivity index (χ1v) is 28.5. The van der Waals surface area contributed by atoms with Gasteiger partial charge >= 0.3 is 0 Å². The van der Waals surface area contributed by atoms with E-state index in [2.05, 4.69) is 31.9 Å². The monoisotopic (exact) mass is 1270 g/mol. The number of morpholine rings is 1. The average Bonchev–Trinajstić information content (AvgIpc) is 0.786. The van der Waals surface area contributed by atoms with E-state index in [0.717, 1.165) is 48.5 Å². The molecule has 0 spiro atoms. The maximum absolute atomic E-state index is 15.8. The minimum absolute atomic E-state index is 0.0285. The number of nitrogens with one attached hydrogen (secondary N) is 6. The number of aliphatic hydroxyl groups excluding tert-OH is 1. The van der Waals surface area contributed by atoms with Crippen molar-refractivity contribution in [3.8, 4) is 80.1 Å². The fourth-order valence-corrected chi connectivity index (χ4v) is 11.7. The Kier molecular flexibility index (Phi) is 15.9. The van der Waals surface area contributed by atoms with Gasteiger partial charge < -0.3 is 97.2 Å². The molecule has 14 rings (SSSR count). The first-order valence-electron chi connectivity index (χ1n) is 27.7. The number of hydrogen-bond donors (Lipinski definition) is 14. The van der Waals surface area contributed by atoms with Crippen LogP contribution in [0.25, 0.3) is 11.1 Å². The quantitative estimate of drug-likeness (QED) is 0.105. The van der Waals surface area contributed by atoms with Crippen LogP contribution in [0.3, 0.4) is 0 Å². The number of carbonyl (C=O) groups excluding carboxylic acids is 7. The molecule has 28 heteroatoms. The molecule has 1 saturated heterocycles. The number of carbonyl (C=O) groups is 7. The lowest BCUT2D eigenvalue weighted by Gasteiger charge is -2.34. The van der Waals surface area contributed by atoms with Gasteiger partial charge in [-0.3, -0.25) is 33.6 Å². The zero-order valence-electron chi connectivity index (χ0n) is 46.5. The zero-order valence-corrected chi connectivity index (χ0v) is 48.0. The number of ether oxygens (including phenoxy) is 4. The van der Waals surface area contributed by atoms with E-state index in [1.165, 1.54) is 71.6 Å². The number of nitrogens with two attached hydrogens (primary N) is 1. The van der Waals surface area contributed by atoms with Crippen molar-refractivity contribution in [3.05, 3.63) is 164 Å². The standard InChI is InChI=1S/C62H52Cl2N8O18/c63-36-13-25-1-7-42(36)89-45-20-30-21-46(55(45)79)90-43-8-4-28(18-37(43)64)54(78)53-61(85)70-52(62(86)72-9-11-87-12-10-72)35-23-32(74)24-41(77)47(35)34-17-27(3-5-39(34)75)49(58(82)71-53)68-60(84)51(30)69-59(83)50-29-15-31(73)22-33(16-29)88-44-19-26(2-6-40(44)76)48(65)57(81)66-38(14-25)56(80)67-50/h1-8,13,15-24,38,48-54,73-79H,9-12,14,65H2,(H,66,81)(H,67,80)(H,68,84)(H,69,83)(H,70,85)(H,71,82)/t38-,48-,49-,50+,51-,52+,53+,54-/m1/s1. The van der Waals surface area contributed by atoms with Gasteiger partial charge in [-0.25, -0.2) is 0 Å². The number of halogens is 2. The van der Waals surface area contributed by atoms with Crippen LogP contribution in [0.15, 0.2) is 115 Å². The van der Waals surface area contributed by atoms with Crippen molar-refractivity contribution in [2.75, 3.05) is 26.3 Å². The molecule has 1 fully saturated rings. The van der Waals surface area contributed by atoms with Crippen molar-refractivity contribution >= 4 is 64.6 Å². The number of fused-ring (bicyclic) bond motifs is 14. The van der Waals surface area contributed by atoms with E-state index >= 15 is 19.2 Å². The molecule has 462 valence electrons. The van der Waals surface area contributed by atoms with Gasteiger partial charge in [-0.05, 0) is 118 Å². The van der Waals surface area contributed by atoms with Crippen LogP contribution in [0.2, 0.25) is 10.0 Å². The molecule has 0 saturated carbocycles. The molecule has 7 aromatic carbocycles. The second-order valence-electron chi connectivity index (χ2n) is 21.7. The molecule has 17 bridgehead atoms. The topological polar surface area (TPSA) is 399 Å². The van der Waals surface area contributed by atoms with Crippen molar-refractivity contribution in [2.24, 2.45) is 5.73 Å². The van der Waals surface area contributed by atoms with Gasteiger partial charge in [0, 0.05) is 42.8 Å². The van der Waals surface area contributed by atoms with Crippen LogP contribution in [-0.2, 0) is 44.7 Å². The third-order valence-electron chi connectivity index (χ3n) is 15.8. The average molecular weight is 1270 g/mol. The van der Waals surface area contributed by atoms with Crippen molar-refractivity contribution in [3.63, 3.8) is 0 Å². The van der Waals surface area contributed by atoms with Gasteiger partial charge in [-0.2, -0.15) is 0 Å². The fraction of sp³-hybridized carbons (Fsp3) is 0.210. The summed E-state index contributed by atoms with van der Waals surface area (Å²) in [6.45, 7) is 0.244. The number of benzene rings is 7. The van der Waals surface area contributed by atoms with Crippen molar-refractivity contribution < 1.29 is 88.3 Å². The maximum atomic E-state index is 15.8. The molecule has 7 aliphatic rings. The van der Waals surface area contributed by atoms with E-state index in [4.69, 9.17) is 47.9 Å². The summed E-state index contributed by atoms with van der Waals surface area (Å²) in [6.07, 6.45) is -2.41. The molecule has 7 amide bonds. The summed E-state index contributed by atoms with van der Waals surface area (Å²) in [6, 6.07) is 9.46. The molecule has 26 nitrogen and oxygen atoms in total. The molecule has 90 heavy (non-hydrogen) atoms. The molecule has 0 radical (unpaired) electrons. The number of aliphatic hydroxyl groups is 1. The Hall–Kier alpha value is -10.5. The van der Waals surface area contributed by atoms with Crippen LogP contribution >= 0.6 is 23.2 Å². The van der Waals surface area contributed by atoms with E-state index in [0.29, 0.717) is 5.56 Å². The molecule has 8 atom stereocenters. The predicted molar refractivity (Wildman–Crippen MR) is 315 cm³/mol. The van der Waals surface area contributed by atoms with Crippen molar-refractivity contribution in [2.45, 2.75) is 54.8 Å². The summed E-state index contributed by atoms with van der Waals surface area (Å²) in [5, 5.41) is 96.4. The smallest absolute Gasteiger partial charge is 0.249 e. The van der Waals surface area contributed by atoms with E-state index in [9.17, 15) is 50.1 Å². The van der Waals surface area contributed by atoms with E-state index in [1.54, 1.807) is 0 Å². The van der Waals surface area contributed by atoms with Gasteiger partial charge in [0.1, 0.15) is 88.6 Å². The highest BCUT2D eigenvalue weighted by atomic mass is 35.5. The normalized spacial score (nSPS) is 22.5. The second kappa shape index (κ2) is 23.9. The summed E-state index contributed by atoms with van der Waals surface area (Å²) < 4.78 is 24.0. The van der Waals surface area contributed by atoms with Gasteiger partial charge in [0.05, 0.1) is 23.3 Å². The van der Waals surface area contributed by atoms with Crippen LogP contribution in [-0.4, -0.2) is 120 Å². The summed E-state index contributed by atoms with van der Waals surface area (Å²) in [7, 11) is 0. The number of rotatable bonds is 1. The van der Waals surface area contributed by atoms with E-state index in [1.807, 2.05) is 0 Å². The lowest BCUT2D eigenvalue weighted by molar-refractivity contribution is -0.142. The Labute approximate surface area is 518 Å². The molecule has 0 unspecified atom stereocenters. The minimum Gasteiger partial charge on any atom is -0.508 e. The van der Waals surface area contributed by atoms with Crippen LogP contribution in [0.5, 0.6) is 69.0 Å². The molecular formula is C62H52Cl2N8O18. The van der Waals surface area contributed by atoms with Gasteiger partial charge in [0.15, 0.2) is 23.0 Å². The number of hydrogen-bond acceptors (Lipinski definition) is 19. The predicted octanol–water partition coefficient (Wildman–Crippen LogP) is 4.76. The van der Waals surface area contributed by atoms with Gasteiger partial charge in [-0.15, -0.1) is 0 Å². The number of nitrogens with zero attached hydrogens (tertiary/aromatic N) is 1. The molecule has 0 aliphatic carbocycles. The second-order valence-corrected chi connectivity index (χ2v) is 22.5. The van der Waals surface area contributed by atoms with Crippen molar-refractivity contribution in [1.82, 2.24) is 36.8 Å². The number of aromatic hydroxyl groups is 6. The number of amides is 7.